The Kier molecular flexibility index (Phi) is 6.97. The molecule has 1 aromatic heterocycles. The number of rotatable bonds is 8. The van der Waals surface area contributed by atoms with Gasteiger partial charge in [-0.15, -0.1) is 0 Å². The molecule has 0 saturated carbocycles. The van der Waals surface area contributed by atoms with Gasteiger partial charge in [-0.1, -0.05) is 18.2 Å². The van der Waals surface area contributed by atoms with Gasteiger partial charge in [0.15, 0.2) is 17.3 Å². The van der Waals surface area contributed by atoms with Crippen LogP contribution in [0.5, 0.6) is 11.5 Å². The number of methoxy groups -OCH3 is 2. The van der Waals surface area contributed by atoms with Crippen LogP contribution in [0.15, 0.2) is 65.3 Å². The van der Waals surface area contributed by atoms with Gasteiger partial charge in [-0.3, -0.25) is 9.69 Å². The van der Waals surface area contributed by atoms with Crippen molar-refractivity contribution in [3.05, 3.63) is 77.7 Å². The molecule has 1 N–H and O–H groups in total. The Labute approximate surface area is 188 Å². The number of carbonyl (C=O) groups excluding carboxylic acids is 1. The van der Waals surface area contributed by atoms with Gasteiger partial charge < -0.3 is 24.1 Å². The van der Waals surface area contributed by atoms with Crippen LogP contribution < -0.4 is 19.7 Å². The van der Waals surface area contributed by atoms with Crippen LogP contribution in [0.3, 0.4) is 0 Å². The molecule has 1 aliphatic rings. The van der Waals surface area contributed by atoms with E-state index in [-0.39, 0.29) is 5.91 Å². The van der Waals surface area contributed by atoms with Crippen LogP contribution in [-0.4, -0.2) is 51.2 Å². The van der Waals surface area contributed by atoms with E-state index in [0.717, 1.165) is 49.8 Å². The largest absolute Gasteiger partial charge is 0.493 e. The molecule has 7 nitrogen and oxygen atoms in total. The number of nitrogens with zero attached hydrogens (tertiary/aromatic N) is 2. The summed E-state index contributed by atoms with van der Waals surface area (Å²) in [7, 11) is 3.32. The SMILES string of the molecule is COc1ccc(CN2CCN(c3cccc(CNC(=O)c4ccco4)c3)CC2)cc1OC. The van der Waals surface area contributed by atoms with Crippen molar-refractivity contribution in [2.45, 2.75) is 13.1 Å². The van der Waals surface area contributed by atoms with Gasteiger partial charge in [-0.05, 0) is 47.5 Å². The molecule has 0 unspecified atom stereocenters. The third kappa shape index (κ3) is 5.23. The summed E-state index contributed by atoms with van der Waals surface area (Å²) in [5.41, 5.74) is 3.46. The molecular weight excluding hydrogens is 406 g/mol. The van der Waals surface area contributed by atoms with E-state index in [4.69, 9.17) is 13.9 Å². The first kappa shape index (κ1) is 21.8. The second-order valence-electron chi connectivity index (χ2n) is 7.78. The molecule has 7 heteroatoms. The Morgan fingerprint density at radius 2 is 1.75 bits per heavy atom. The van der Waals surface area contributed by atoms with E-state index in [1.54, 1.807) is 26.4 Å². The van der Waals surface area contributed by atoms with Crippen molar-refractivity contribution < 1.29 is 18.7 Å². The average molecular weight is 436 g/mol. The molecule has 0 atom stereocenters. The predicted molar refractivity (Wildman–Crippen MR) is 123 cm³/mol. The Morgan fingerprint density at radius 1 is 0.938 bits per heavy atom. The number of carbonyl (C=O) groups is 1. The van der Waals surface area contributed by atoms with E-state index < -0.39 is 0 Å². The zero-order chi connectivity index (χ0) is 22.3. The van der Waals surface area contributed by atoms with Crippen molar-refractivity contribution in [2.24, 2.45) is 0 Å². The van der Waals surface area contributed by atoms with Crippen LogP contribution in [0.25, 0.3) is 0 Å². The normalized spacial score (nSPS) is 14.2. The van der Waals surface area contributed by atoms with Crippen LogP contribution >= 0.6 is 0 Å². The zero-order valence-electron chi connectivity index (χ0n) is 18.5. The van der Waals surface area contributed by atoms with E-state index in [1.807, 2.05) is 24.3 Å². The first-order valence-electron chi connectivity index (χ1n) is 10.7. The van der Waals surface area contributed by atoms with E-state index in [0.29, 0.717) is 12.3 Å². The Hall–Kier alpha value is -3.45. The highest BCUT2D eigenvalue weighted by Gasteiger charge is 2.18. The van der Waals surface area contributed by atoms with Crippen LogP contribution in [0.2, 0.25) is 0 Å². The fourth-order valence-corrected chi connectivity index (χ4v) is 3.94. The fraction of sp³-hybridized carbons (Fsp3) is 0.320. The fourth-order valence-electron chi connectivity index (χ4n) is 3.94. The van der Waals surface area contributed by atoms with Gasteiger partial charge >= 0.3 is 0 Å². The van der Waals surface area contributed by atoms with Gasteiger partial charge in [0, 0.05) is 45.0 Å². The van der Waals surface area contributed by atoms with Crippen molar-refractivity contribution in [3.63, 3.8) is 0 Å². The number of furan rings is 1. The summed E-state index contributed by atoms with van der Waals surface area (Å²) < 4.78 is 15.9. The standard InChI is InChI=1S/C25H29N3O4/c1-30-22-9-8-20(16-24(22)31-2)18-27-10-12-28(13-11-27)21-6-3-5-19(15-21)17-26-25(29)23-7-4-14-32-23/h3-9,14-16H,10-13,17-18H2,1-2H3,(H,26,29). The summed E-state index contributed by atoms with van der Waals surface area (Å²) in [4.78, 5) is 16.9. The number of anilines is 1. The lowest BCUT2D eigenvalue weighted by molar-refractivity contribution is 0.0923. The Bertz CT molecular complexity index is 1030. The summed E-state index contributed by atoms with van der Waals surface area (Å²) in [6, 6.07) is 17.8. The van der Waals surface area contributed by atoms with Crippen molar-refractivity contribution in [1.29, 1.82) is 0 Å². The maximum absolute atomic E-state index is 12.1. The monoisotopic (exact) mass is 435 g/mol. The van der Waals surface area contributed by atoms with Gasteiger partial charge in [0.05, 0.1) is 20.5 Å². The average Bonchev–Trinajstić information content (AvgIpc) is 3.38. The first-order valence-corrected chi connectivity index (χ1v) is 10.7. The summed E-state index contributed by atoms with van der Waals surface area (Å²) >= 11 is 0. The number of piperazine rings is 1. The molecule has 0 bridgehead atoms. The molecule has 4 rings (SSSR count). The van der Waals surface area contributed by atoms with Crippen molar-refractivity contribution in [1.82, 2.24) is 10.2 Å². The number of amides is 1. The molecular formula is C25H29N3O4. The van der Waals surface area contributed by atoms with Gasteiger partial charge in [0.1, 0.15) is 0 Å². The second-order valence-corrected chi connectivity index (χ2v) is 7.78. The van der Waals surface area contributed by atoms with E-state index >= 15 is 0 Å². The minimum absolute atomic E-state index is 0.204. The van der Waals surface area contributed by atoms with Gasteiger partial charge in [-0.25, -0.2) is 0 Å². The Morgan fingerprint density at radius 3 is 2.47 bits per heavy atom. The number of benzene rings is 2. The number of nitrogens with one attached hydrogen (secondary N) is 1. The van der Waals surface area contributed by atoms with Crippen molar-refractivity contribution in [3.8, 4) is 11.5 Å². The molecule has 32 heavy (non-hydrogen) atoms. The van der Waals surface area contributed by atoms with Gasteiger partial charge in [-0.2, -0.15) is 0 Å². The van der Waals surface area contributed by atoms with Crippen LogP contribution in [0.4, 0.5) is 5.69 Å². The lowest BCUT2D eigenvalue weighted by Gasteiger charge is -2.36. The second kappa shape index (κ2) is 10.2. The van der Waals surface area contributed by atoms with Gasteiger partial charge in [0.2, 0.25) is 0 Å². The predicted octanol–water partition coefficient (Wildman–Crippen LogP) is 3.55. The third-order valence-corrected chi connectivity index (χ3v) is 5.70. The molecule has 168 valence electrons. The molecule has 1 amide bonds. The molecule has 2 aromatic carbocycles. The quantitative estimate of drug-likeness (QED) is 0.584. The topological polar surface area (TPSA) is 67.2 Å². The van der Waals surface area contributed by atoms with Gasteiger partial charge in [0.25, 0.3) is 5.91 Å². The highest BCUT2D eigenvalue weighted by Crippen LogP contribution is 2.28. The van der Waals surface area contributed by atoms with E-state index in [9.17, 15) is 4.79 Å². The highest BCUT2D eigenvalue weighted by atomic mass is 16.5. The molecule has 0 aliphatic carbocycles. The maximum Gasteiger partial charge on any atom is 0.287 e. The third-order valence-electron chi connectivity index (χ3n) is 5.70. The summed E-state index contributed by atoms with van der Waals surface area (Å²) in [5, 5.41) is 2.90. The molecule has 0 spiro atoms. The van der Waals surface area contributed by atoms with Crippen LogP contribution in [-0.2, 0) is 13.1 Å². The number of hydrogen-bond acceptors (Lipinski definition) is 6. The summed E-state index contributed by atoms with van der Waals surface area (Å²) in [5.74, 6) is 1.64. The minimum atomic E-state index is -0.204. The van der Waals surface area contributed by atoms with Crippen LogP contribution in [0, 0.1) is 0 Å². The molecule has 2 heterocycles. The smallest absolute Gasteiger partial charge is 0.287 e. The molecule has 0 radical (unpaired) electrons. The number of hydrogen-bond donors (Lipinski definition) is 1. The lowest BCUT2D eigenvalue weighted by Crippen LogP contribution is -2.46. The van der Waals surface area contributed by atoms with E-state index in [2.05, 4.69) is 33.3 Å². The summed E-state index contributed by atoms with van der Waals surface area (Å²) in [6.45, 7) is 5.21. The zero-order valence-corrected chi connectivity index (χ0v) is 18.5. The van der Waals surface area contributed by atoms with Crippen molar-refractivity contribution >= 4 is 11.6 Å². The summed E-state index contributed by atoms with van der Waals surface area (Å²) in [6.07, 6.45) is 1.50. The molecule has 1 aliphatic heterocycles. The van der Waals surface area contributed by atoms with E-state index in [1.165, 1.54) is 17.5 Å². The first-order chi connectivity index (χ1) is 15.7. The van der Waals surface area contributed by atoms with Crippen molar-refractivity contribution in [2.75, 3.05) is 45.3 Å². The molecule has 1 fully saturated rings. The van der Waals surface area contributed by atoms with Crippen LogP contribution in [0.1, 0.15) is 21.7 Å². The lowest BCUT2D eigenvalue weighted by atomic mass is 10.1. The highest BCUT2D eigenvalue weighted by molar-refractivity contribution is 5.91. The molecule has 3 aromatic rings. The maximum atomic E-state index is 12.1. The molecule has 1 saturated heterocycles. The Balaban J connectivity index is 1.30. The number of ether oxygens (including phenoxy) is 2. The minimum Gasteiger partial charge on any atom is -0.493 e.